The van der Waals surface area contributed by atoms with E-state index in [1.54, 1.807) is 0 Å². The number of hydrogen-bond donors (Lipinski definition) is 2. The van der Waals surface area contributed by atoms with Gasteiger partial charge in [-0.2, -0.15) is 0 Å². The summed E-state index contributed by atoms with van der Waals surface area (Å²) in [7, 11) is 0. The van der Waals surface area contributed by atoms with E-state index in [1.807, 2.05) is 32.9 Å². The van der Waals surface area contributed by atoms with Crippen LogP contribution in [-0.2, 0) is 24.1 Å². The van der Waals surface area contributed by atoms with Crippen molar-refractivity contribution in [3.8, 4) is 0 Å². The van der Waals surface area contributed by atoms with Gasteiger partial charge in [-0.05, 0) is 73.1 Å². The summed E-state index contributed by atoms with van der Waals surface area (Å²) in [5, 5.41) is 13.5. The summed E-state index contributed by atoms with van der Waals surface area (Å²) in [5.74, 6) is -0.834. The summed E-state index contributed by atoms with van der Waals surface area (Å²) in [6.07, 6.45) is 2.82. The van der Waals surface area contributed by atoms with Crippen molar-refractivity contribution in [1.82, 2.24) is 0 Å². The summed E-state index contributed by atoms with van der Waals surface area (Å²) >= 11 is 6.66. The molecule has 0 amide bonds. The van der Waals surface area contributed by atoms with E-state index in [4.69, 9.17) is 11.6 Å². The van der Waals surface area contributed by atoms with Crippen LogP contribution in [0.2, 0.25) is 5.02 Å². The predicted octanol–water partition coefficient (Wildman–Crippen LogP) is 7.18. The number of benzene rings is 2. The molecule has 0 aliphatic carbocycles. The molecule has 0 unspecified atom stereocenters. The smallest absolute Gasteiger partial charge is 0.307 e. The van der Waals surface area contributed by atoms with Crippen molar-refractivity contribution in [3.63, 3.8) is 0 Å². The minimum absolute atomic E-state index is 0.0111. The van der Waals surface area contributed by atoms with Gasteiger partial charge in [-0.1, -0.05) is 57.8 Å². The Kier molecular flexibility index (Phi) is 9.54. The molecule has 0 saturated heterocycles. The van der Waals surface area contributed by atoms with E-state index in [9.17, 15) is 9.90 Å². The molecular formula is C24H34ClNO2. The quantitative estimate of drug-likeness (QED) is 0.514. The van der Waals surface area contributed by atoms with Crippen molar-refractivity contribution in [2.45, 2.75) is 74.1 Å². The third-order valence-corrected chi connectivity index (χ3v) is 5.56. The van der Waals surface area contributed by atoms with E-state index in [0.717, 1.165) is 47.3 Å². The van der Waals surface area contributed by atoms with Crippen LogP contribution in [0.3, 0.4) is 0 Å². The van der Waals surface area contributed by atoms with Gasteiger partial charge in [-0.3, -0.25) is 4.79 Å². The zero-order valence-electron chi connectivity index (χ0n) is 18.3. The van der Waals surface area contributed by atoms with Crippen LogP contribution in [0.25, 0.3) is 0 Å². The van der Waals surface area contributed by atoms with Gasteiger partial charge in [0.25, 0.3) is 0 Å². The summed E-state index contributed by atoms with van der Waals surface area (Å²) in [6, 6.07) is 6.03. The first kappa shape index (κ1) is 24.0. The normalized spacial score (nSPS) is 10.3. The van der Waals surface area contributed by atoms with Gasteiger partial charge in [0.05, 0.1) is 17.1 Å². The van der Waals surface area contributed by atoms with Crippen LogP contribution in [0, 0.1) is 20.8 Å². The lowest BCUT2D eigenvalue weighted by molar-refractivity contribution is -0.136. The van der Waals surface area contributed by atoms with E-state index in [2.05, 4.69) is 39.1 Å². The molecule has 0 saturated carbocycles. The fraction of sp³-hybridized carbons (Fsp3) is 0.458. The monoisotopic (exact) mass is 403 g/mol. The fourth-order valence-corrected chi connectivity index (χ4v) is 3.71. The average Bonchev–Trinajstić information content (AvgIpc) is 2.67. The lowest BCUT2D eigenvalue weighted by atomic mass is 9.94. The molecule has 0 bridgehead atoms. The van der Waals surface area contributed by atoms with Crippen molar-refractivity contribution in [2.75, 3.05) is 5.32 Å². The Morgan fingerprint density at radius 1 is 1.07 bits per heavy atom. The third kappa shape index (κ3) is 5.51. The molecule has 2 aromatic rings. The summed E-state index contributed by atoms with van der Waals surface area (Å²) in [4.78, 5) is 11.3. The van der Waals surface area contributed by atoms with E-state index < -0.39 is 5.97 Å². The van der Waals surface area contributed by atoms with Gasteiger partial charge in [0.1, 0.15) is 0 Å². The maximum Gasteiger partial charge on any atom is 0.307 e. The highest BCUT2D eigenvalue weighted by molar-refractivity contribution is 6.34. The molecule has 28 heavy (non-hydrogen) atoms. The van der Waals surface area contributed by atoms with Gasteiger partial charge in [0, 0.05) is 5.69 Å². The van der Waals surface area contributed by atoms with Gasteiger partial charge in [-0.25, -0.2) is 0 Å². The topological polar surface area (TPSA) is 49.3 Å². The largest absolute Gasteiger partial charge is 0.481 e. The Labute approximate surface area is 175 Å². The van der Waals surface area contributed by atoms with Gasteiger partial charge in [-0.15, -0.1) is 0 Å². The number of nitrogens with one attached hydrogen (secondary N) is 1. The van der Waals surface area contributed by atoms with E-state index in [-0.39, 0.29) is 6.42 Å². The van der Waals surface area contributed by atoms with Crippen LogP contribution < -0.4 is 5.32 Å². The number of hydrogen-bond acceptors (Lipinski definition) is 2. The van der Waals surface area contributed by atoms with Crippen LogP contribution in [0.15, 0.2) is 18.2 Å². The molecule has 0 heterocycles. The van der Waals surface area contributed by atoms with Crippen molar-refractivity contribution >= 4 is 28.9 Å². The maximum atomic E-state index is 11.3. The second kappa shape index (κ2) is 11.1. The second-order valence-electron chi connectivity index (χ2n) is 6.83. The number of carboxylic acids is 1. The lowest BCUT2D eigenvalue weighted by Crippen LogP contribution is -2.08. The third-order valence-electron chi connectivity index (χ3n) is 5.09. The molecule has 0 spiro atoms. The van der Waals surface area contributed by atoms with Crippen molar-refractivity contribution in [3.05, 3.63) is 56.6 Å². The summed E-state index contributed by atoms with van der Waals surface area (Å²) in [6.45, 7) is 14.5. The highest BCUT2D eigenvalue weighted by Gasteiger charge is 2.17. The molecular weight excluding hydrogens is 370 g/mol. The molecule has 2 N–H and O–H groups in total. The SMILES string of the molecule is CC.CCCc1ccc(Nc2c(Cl)c(C)c(C)c(C)c2CC)c(CC(=O)O)c1. The Bertz CT molecular complexity index is 828. The van der Waals surface area contributed by atoms with Crippen molar-refractivity contribution in [2.24, 2.45) is 0 Å². The molecule has 0 radical (unpaired) electrons. The van der Waals surface area contributed by atoms with Crippen LogP contribution in [0.1, 0.15) is 67.5 Å². The lowest BCUT2D eigenvalue weighted by Gasteiger charge is -2.21. The first-order chi connectivity index (χ1) is 13.3. The van der Waals surface area contributed by atoms with Gasteiger partial charge >= 0.3 is 5.97 Å². The van der Waals surface area contributed by atoms with E-state index in [1.165, 1.54) is 16.7 Å². The highest BCUT2D eigenvalue weighted by Crippen LogP contribution is 2.38. The molecule has 3 nitrogen and oxygen atoms in total. The number of halogens is 1. The number of aryl methyl sites for hydroxylation is 1. The zero-order chi connectivity index (χ0) is 21.4. The first-order valence-corrected chi connectivity index (χ1v) is 10.6. The Morgan fingerprint density at radius 2 is 1.71 bits per heavy atom. The number of anilines is 2. The minimum atomic E-state index is -0.834. The van der Waals surface area contributed by atoms with Gasteiger partial charge < -0.3 is 10.4 Å². The van der Waals surface area contributed by atoms with Gasteiger partial charge in [0.2, 0.25) is 0 Å². The average molecular weight is 404 g/mol. The fourth-order valence-electron chi connectivity index (χ4n) is 3.41. The van der Waals surface area contributed by atoms with Crippen molar-refractivity contribution in [1.29, 1.82) is 0 Å². The van der Waals surface area contributed by atoms with Crippen LogP contribution in [0.5, 0.6) is 0 Å². The summed E-state index contributed by atoms with van der Waals surface area (Å²) in [5.41, 5.74) is 8.34. The Balaban J connectivity index is 0.00000190. The molecule has 0 fully saturated rings. The number of rotatable bonds is 7. The van der Waals surface area contributed by atoms with E-state index >= 15 is 0 Å². The standard InChI is InChI=1S/C22H28ClNO2.C2H6/c1-6-8-16-9-10-19(17(11-16)12-20(25)26)24-22-18(7-2)14(4)13(3)15(5)21(22)23;1-2/h9-11,24H,6-8,12H2,1-5H3,(H,25,26);1-2H3. The molecule has 0 aliphatic rings. The van der Waals surface area contributed by atoms with Crippen LogP contribution in [0.4, 0.5) is 11.4 Å². The second-order valence-corrected chi connectivity index (χ2v) is 7.21. The molecule has 0 atom stereocenters. The van der Waals surface area contributed by atoms with E-state index in [0.29, 0.717) is 5.02 Å². The van der Waals surface area contributed by atoms with Crippen LogP contribution in [-0.4, -0.2) is 11.1 Å². The molecule has 154 valence electrons. The minimum Gasteiger partial charge on any atom is -0.481 e. The molecule has 2 aromatic carbocycles. The molecule has 2 rings (SSSR count). The Morgan fingerprint density at radius 3 is 2.25 bits per heavy atom. The number of aliphatic carboxylic acids is 1. The molecule has 4 heteroatoms. The molecule has 0 aromatic heterocycles. The van der Waals surface area contributed by atoms with Crippen LogP contribution >= 0.6 is 11.6 Å². The maximum absolute atomic E-state index is 11.3. The number of carboxylic acid groups (broad SMARTS) is 1. The highest BCUT2D eigenvalue weighted by atomic mass is 35.5. The van der Waals surface area contributed by atoms with Crippen molar-refractivity contribution < 1.29 is 9.90 Å². The number of carbonyl (C=O) groups is 1. The first-order valence-electron chi connectivity index (χ1n) is 10.2. The molecule has 0 aliphatic heterocycles. The van der Waals surface area contributed by atoms with Gasteiger partial charge in [0.15, 0.2) is 0 Å². The predicted molar refractivity (Wildman–Crippen MR) is 121 cm³/mol. The zero-order valence-corrected chi connectivity index (χ0v) is 19.0. The summed E-state index contributed by atoms with van der Waals surface area (Å²) < 4.78 is 0. The Hall–Kier alpha value is -2.00.